The Balaban J connectivity index is 2.65. The Hall–Kier alpha value is -0.980. The number of carbonyl (C=O) groups excluding carboxylic acids is 1. The predicted molar refractivity (Wildman–Crippen MR) is 55.4 cm³/mol. The molecule has 1 fully saturated rings. The van der Waals surface area contributed by atoms with Crippen LogP contribution in [0.25, 0.3) is 0 Å². The molecule has 0 radical (unpaired) electrons. The van der Waals surface area contributed by atoms with E-state index in [0.717, 1.165) is 4.90 Å². The topological polar surface area (TPSA) is 55.6 Å². The molecule has 1 aliphatic heterocycles. The van der Waals surface area contributed by atoms with Gasteiger partial charge in [0.05, 0.1) is 6.54 Å². The maximum Gasteiger partial charge on any atom is 0.410 e. The number of amides is 1. The van der Waals surface area contributed by atoms with Crippen LogP contribution in [0.3, 0.4) is 0 Å². The van der Waals surface area contributed by atoms with Crippen LogP contribution >= 0.6 is 0 Å². The number of nitrogens with zero attached hydrogens (tertiary/aromatic N) is 1. The van der Waals surface area contributed by atoms with Gasteiger partial charge in [0.15, 0.2) is 0 Å². The van der Waals surface area contributed by atoms with E-state index in [1.807, 2.05) is 0 Å². The van der Waals surface area contributed by atoms with Gasteiger partial charge in [-0.15, -0.1) is 0 Å². The number of hydrogen-bond donors (Lipinski definition) is 1. The summed E-state index contributed by atoms with van der Waals surface area (Å²) in [5.41, 5.74) is 2.21. The third kappa shape index (κ3) is 3.24. The van der Waals surface area contributed by atoms with Gasteiger partial charge in [0.2, 0.25) is 0 Å². The Morgan fingerprint density at radius 2 is 1.88 bits per heavy atom. The number of hydrogen-bond acceptors (Lipinski definition) is 3. The molecule has 0 aliphatic carbocycles. The summed E-state index contributed by atoms with van der Waals surface area (Å²) in [5, 5.41) is 0. The van der Waals surface area contributed by atoms with Gasteiger partial charge in [-0.3, -0.25) is 0 Å². The van der Waals surface area contributed by atoms with E-state index in [-0.39, 0.29) is 13.0 Å². The van der Waals surface area contributed by atoms with Crippen LogP contribution in [0.2, 0.25) is 0 Å². The van der Waals surface area contributed by atoms with Crippen LogP contribution in [0.4, 0.5) is 18.0 Å². The minimum absolute atomic E-state index is 0.0368. The molecule has 0 aromatic carbocycles. The molecule has 1 rings (SSSR count). The fraction of sp³-hybridized carbons (Fsp3) is 0.900. The first-order chi connectivity index (χ1) is 7.45. The molecule has 4 nitrogen and oxygen atoms in total. The molecule has 17 heavy (non-hydrogen) atoms. The number of halogens is 3. The third-order valence-electron chi connectivity index (χ3n) is 2.52. The summed E-state index contributed by atoms with van der Waals surface area (Å²) in [6.45, 7) is 4.37. The normalized spacial score (nSPS) is 26.2. The van der Waals surface area contributed by atoms with E-state index in [1.54, 1.807) is 20.8 Å². The van der Waals surface area contributed by atoms with Gasteiger partial charge in [-0.25, -0.2) is 4.79 Å². The molecule has 1 aliphatic rings. The molecule has 0 aromatic rings. The van der Waals surface area contributed by atoms with Crippen molar-refractivity contribution in [3.63, 3.8) is 0 Å². The minimum atomic E-state index is -4.51. The van der Waals surface area contributed by atoms with Crippen LogP contribution in [0.15, 0.2) is 0 Å². The fourth-order valence-corrected chi connectivity index (χ4v) is 1.55. The number of likely N-dealkylation sites (tertiary alicyclic amines) is 1. The van der Waals surface area contributed by atoms with Crippen molar-refractivity contribution in [2.75, 3.05) is 13.1 Å². The van der Waals surface area contributed by atoms with E-state index < -0.39 is 30.0 Å². The largest absolute Gasteiger partial charge is 0.444 e. The molecule has 0 saturated carbocycles. The molecule has 1 heterocycles. The monoisotopic (exact) mass is 254 g/mol. The van der Waals surface area contributed by atoms with Crippen LogP contribution in [0.5, 0.6) is 0 Å². The second-order valence-corrected chi connectivity index (χ2v) is 5.31. The maximum absolute atomic E-state index is 12.6. The average Bonchev–Trinajstić information content (AvgIpc) is 2.44. The van der Waals surface area contributed by atoms with Gasteiger partial charge in [-0.05, 0) is 27.2 Å². The van der Waals surface area contributed by atoms with E-state index >= 15 is 0 Å². The van der Waals surface area contributed by atoms with Gasteiger partial charge in [-0.1, -0.05) is 0 Å². The van der Waals surface area contributed by atoms with Crippen molar-refractivity contribution in [3.05, 3.63) is 0 Å². The van der Waals surface area contributed by atoms with Gasteiger partial charge in [0, 0.05) is 6.54 Å². The molecule has 1 saturated heterocycles. The molecule has 100 valence electrons. The SMILES string of the molecule is CC(C)(C)OC(=O)N1CC[C@](N)(C(F)(F)F)C1. The summed E-state index contributed by atoms with van der Waals surface area (Å²) in [5.74, 6) is 0. The van der Waals surface area contributed by atoms with Crippen LogP contribution in [0, 0.1) is 0 Å². The van der Waals surface area contributed by atoms with Crippen LogP contribution in [-0.4, -0.2) is 41.4 Å². The van der Waals surface area contributed by atoms with Crippen molar-refractivity contribution in [2.24, 2.45) is 5.73 Å². The first-order valence-corrected chi connectivity index (χ1v) is 5.28. The summed E-state index contributed by atoms with van der Waals surface area (Å²) in [7, 11) is 0. The highest BCUT2D eigenvalue weighted by Gasteiger charge is 2.56. The second kappa shape index (κ2) is 4.04. The Bertz CT molecular complexity index is 312. The lowest BCUT2D eigenvalue weighted by molar-refractivity contribution is -0.181. The van der Waals surface area contributed by atoms with E-state index in [0.29, 0.717) is 0 Å². The lowest BCUT2D eigenvalue weighted by Crippen LogP contribution is -2.55. The van der Waals surface area contributed by atoms with Crippen molar-refractivity contribution < 1.29 is 22.7 Å². The first-order valence-electron chi connectivity index (χ1n) is 5.28. The van der Waals surface area contributed by atoms with E-state index in [2.05, 4.69) is 0 Å². The van der Waals surface area contributed by atoms with Crippen LogP contribution in [0.1, 0.15) is 27.2 Å². The summed E-state index contributed by atoms with van der Waals surface area (Å²) in [6, 6.07) is 0. The molecule has 0 aromatic heterocycles. The van der Waals surface area contributed by atoms with E-state index in [1.165, 1.54) is 0 Å². The van der Waals surface area contributed by atoms with Crippen molar-refractivity contribution in [1.29, 1.82) is 0 Å². The standard InChI is InChI=1S/C10H17F3N2O2/c1-8(2,3)17-7(16)15-5-4-9(14,6-15)10(11,12)13/h4-6,14H2,1-3H3/t9-/m1/s1. The molecule has 0 spiro atoms. The molecule has 2 N–H and O–H groups in total. The van der Waals surface area contributed by atoms with Crippen molar-refractivity contribution in [3.8, 4) is 0 Å². The molecule has 0 unspecified atom stereocenters. The quantitative estimate of drug-likeness (QED) is 0.718. The highest BCUT2D eigenvalue weighted by Crippen LogP contribution is 2.35. The van der Waals surface area contributed by atoms with E-state index in [4.69, 9.17) is 10.5 Å². The smallest absolute Gasteiger partial charge is 0.410 e. The summed E-state index contributed by atoms with van der Waals surface area (Å²) >= 11 is 0. The Kier molecular flexibility index (Phi) is 3.35. The zero-order chi connectivity index (χ0) is 13.5. The third-order valence-corrected chi connectivity index (χ3v) is 2.52. The van der Waals surface area contributed by atoms with Gasteiger partial charge >= 0.3 is 12.3 Å². The number of rotatable bonds is 0. The van der Waals surface area contributed by atoms with Crippen molar-refractivity contribution in [1.82, 2.24) is 4.90 Å². The molecular formula is C10H17F3N2O2. The molecule has 1 atom stereocenters. The summed E-state index contributed by atoms with van der Waals surface area (Å²) in [4.78, 5) is 12.6. The summed E-state index contributed by atoms with van der Waals surface area (Å²) < 4.78 is 42.8. The molecular weight excluding hydrogens is 237 g/mol. The zero-order valence-electron chi connectivity index (χ0n) is 10.1. The maximum atomic E-state index is 12.6. The molecule has 0 bridgehead atoms. The van der Waals surface area contributed by atoms with Gasteiger partial charge in [-0.2, -0.15) is 13.2 Å². The molecule has 7 heteroatoms. The highest BCUT2D eigenvalue weighted by molar-refractivity contribution is 5.68. The van der Waals surface area contributed by atoms with Crippen LogP contribution < -0.4 is 5.73 Å². The lowest BCUT2D eigenvalue weighted by atomic mass is 10.00. The van der Waals surface area contributed by atoms with Crippen molar-refractivity contribution in [2.45, 2.75) is 44.5 Å². The van der Waals surface area contributed by atoms with Crippen molar-refractivity contribution >= 4 is 6.09 Å². The number of carbonyl (C=O) groups is 1. The Morgan fingerprint density at radius 1 is 1.35 bits per heavy atom. The summed E-state index contributed by atoms with van der Waals surface area (Å²) in [6.07, 6.45) is -5.56. The molecule has 1 amide bonds. The zero-order valence-corrected chi connectivity index (χ0v) is 10.1. The minimum Gasteiger partial charge on any atom is -0.444 e. The highest BCUT2D eigenvalue weighted by atomic mass is 19.4. The number of alkyl halides is 3. The second-order valence-electron chi connectivity index (χ2n) is 5.31. The Labute approximate surface area is 97.9 Å². The van der Waals surface area contributed by atoms with Gasteiger partial charge in [0.1, 0.15) is 11.1 Å². The van der Waals surface area contributed by atoms with Gasteiger partial charge < -0.3 is 15.4 Å². The predicted octanol–water partition coefficient (Wildman–Crippen LogP) is 1.89. The van der Waals surface area contributed by atoms with Crippen LogP contribution in [-0.2, 0) is 4.74 Å². The number of nitrogens with two attached hydrogens (primary N) is 1. The average molecular weight is 254 g/mol. The van der Waals surface area contributed by atoms with E-state index in [9.17, 15) is 18.0 Å². The first kappa shape index (κ1) is 14.1. The number of ether oxygens (including phenoxy) is 1. The Morgan fingerprint density at radius 3 is 2.24 bits per heavy atom. The van der Waals surface area contributed by atoms with Gasteiger partial charge in [0.25, 0.3) is 0 Å². The lowest BCUT2D eigenvalue weighted by Gasteiger charge is -2.28. The fourth-order valence-electron chi connectivity index (χ4n) is 1.55.